The summed E-state index contributed by atoms with van der Waals surface area (Å²) in [7, 11) is 3.08. The van der Waals surface area contributed by atoms with Crippen LogP contribution in [0.15, 0.2) is 18.3 Å². The summed E-state index contributed by atoms with van der Waals surface area (Å²) in [4.78, 5) is 0. The van der Waals surface area contributed by atoms with Crippen LogP contribution in [0.4, 0.5) is 5.69 Å². The molecule has 1 aromatic rings. The van der Waals surface area contributed by atoms with E-state index in [1.807, 2.05) is 0 Å². The van der Waals surface area contributed by atoms with Crippen LogP contribution in [0.25, 0.3) is 5.03 Å². The number of nitrogens with two attached hydrogens (primary N) is 2. The third kappa shape index (κ3) is 2.27. The van der Waals surface area contributed by atoms with E-state index >= 15 is 0 Å². The van der Waals surface area contributed by atoms with Crippen LogP contribution < -0.4 is 20.9 Å². The molecule has 0 aliphatic heterocycles. The Bertz CT molecular complexity index is 391. The van der Waals surface area contributed by atoms with Crippen molar-refractivity contribution in [3.05, 3.63) is 23.9 Å². The Balaban J connectivity index is 3.32. The highest BCUT2D eigenvalue weighted by molar-refractivity contribution is 6.49. The van der Waals surface area contributed by atoms with Gasteiger partial charge in [-0.15, -0.1) is 0 Å². The van der Waals surface area contributed by atoms with E-state index in [0.29, 0.717) is 27.8 Å². The normalized spacial score (nSPS) is 11.3. The molecule has 0 saturated carbocycles. The highest BCUT2D eigenvalue weighted by Crippen LogP contribution is 2.35. The van der Waals surface area contributed by atoms with Gasteiger partial charge in [0.1, 0.15) is 0 Å². The topological polar surface area (TPSA) is 70.5 Å². The Kier molecular flexibility index (Phi) is 3.68. The van der Waals surface area contributed by atoms with Crippen LogP contribution in [0.3, 0.4) is 0 Å². The van der Waals surface area contributed by atoms with Gasteiger partial charge in [0, 0.05) is 23.5 Å². The van der Waals surface area contributed by atoms with Gasteiger partial charge in [-0.25, -0.2) is 0 Å². The van der Waals surface area contributed by atoms with Gasteiger partial charge in [0.15, 0.2) is 11.5 Å². The number of anilines is 1. The first-order valence-electron chi connectivity index (χ1n) is 4.23. The van der Waals surface area contributed by atoms with Gasteiger partial charge >= 0.3 is 0 Å². The van der Waals surface area contributed by atoms with Gasteiger partial charge in [-0.3, -0.25) is 0 Å². The molecule has 0 spiro atoms. The molecule has 0 aliphatic carbocycles. The Labute approximate surface area is 93.4 Å². The second-order valence-corrected chi connectivity index (χ2v) is 3.22. The lowest BCUT2D eigenvalue weighted by atomic mass is 10.1. The van der Waals surface area contributed by atoms with Crippen molar-refractivity contribution < 1.29 is 9.47 Å². The molecular weight excluding hydrogens is 216 g/mol. The van der Waals surface area contributed by atoms with Crippen molar-refractivity contribution in [1.29, 1.82) is 0 Å². The standard InChI is InChI=1S/C10H13ClN2O2/c1-14-9-3-6(7(11)5-12)8(13)4-10(9)15-2/h3-5H,12-13H2,1-2H3/b7-5+. The molecule has 82 valence electrons. The van der Waals surface area contributed by atoms with E-state index in [1.165, 1.54) is 20.4 Å². The average molecular weight is 229 g/mol. The Morgan fingerprint density at radius 3 is 2.27 bits per heavy atom. The molecule has 0 fully saturated rings. The van der Waals surface area contributed by atoms with E-state index in [-0.39, 0.29) is 0 Å². The minimum atomic E-state index is 0.369. The number of benzene rings is 1. The Morgan fingerprint density at radius 1 is 1.27 bits per heavy atom. The average Bonchev–Trinajstić information content (AvgIpc) is 2.27. The third-order valence-electron chi connectivity index (χ3n) is 1.96. The van der Waals surface area contributed by atoms with Crippen LogP contribution in [-0.2, 0) is 0 Å². The zero-order valence-corrected chi connectivity index (χ0v) is 9.34. The molecule has 1 aromatic carbocycles. The van der Waals surface area contributed by atoms with Crippen LogP contribution in [0.2, 0.25) is 0 Å². The molecule has 0 radical (unpaired) electrons. The SMILES string of the molecule is COc1cc(N)c(/C(Cl)=C\N)cc1OC. The number of nitrogen functional groups attached to an aromatic ring is 1. The van der Waals surface area contributed by atoms with Crippen LogP contribution >= 0.6 is 11.6 Å². The predicted molar refractivity (Wildman–Crippen MR) is 62.0 cm³/mol. The van der Waals surface area contributed by atoms with E-state index in [9.17, 15) is 0 Å². The minimum Gasteiger partial charge on any atom is -0.493 e. The maximum Gasteiger partial charge on any atom is 0.162 e. The first kappa shape index (κ1) is 11.5. The van der Waals surface area contributed by atoms with E-state index in [4.69, 9.17) is 32.5 Å². The van der Waals surface area contributed by atoms with Gasteiger partial charge in [0.2, 0.25) is 0 Å². The fourth-order valence-electron chi connectivity index (χ4n) is 1.19. The van der Waals surface area contributed by atoms with E-state index in [0.717, 1.165) is 0 Å². The van der Waals surface area contributed by atoms with Gasteiger partial charge in [-0.05, 0) is 6.07 Å². The third-order valence-corrected chi connectivity index (χ3v) is 2.29. The summed E-state index contributed by atoms with van der Waals surface area (Å²) in [5.41, 5.74) is 12.2. The summed E-state index contributed by atoms with van der Waals surface area (Å²) >= 11 is 5.88. The predicted octanol–water partition coefficient (Wildman–Crippen LogP) is 1.78. The lowest BCUT2D eigenvalue weighted by Crippen LogP contribution is -1.97. The van der Waals surface area contributed by atoms with E-state index in [1.54, 1.807) is 12.1 Å². The molecule has 5 heteroatoms. The number of methoxy groups -OCH3 is 2. The quantitative estimate of drug-likeness (QED) is 0.774. The van der Waals surface area contributed by atoms with E-state index in [2.05, 4.69) is 0 Å². The lowest BCUT2D eigenvalue weighted by Gasteiger charge is -2.11. The second-order valence-electron chi connectivity index (χ2n) is 2.81. The summed E-state index contributed by atoms with van der Waals surface area (Å²) in [6.07, 6.45) is 1.28. The number of rotatable bonds is 3. The number of halogens is 1. The second kappa shape index (κ2) is 4.79. The maximum atomic E-state index is 5.88. The molecule has 4 N–H and O–H groups in total. The summed E-state index contributed by atoms with van der Waals surface area (Å²) in [5.74, 6) is 1.11. The van der Waals surface area contributed by atoms with Crippen molar-refractivity contribution >= 4 is 22.3 Å². The lowest BCUT2D eigenvalue weighted by molar-refractivity contribution is 0.355. The summed E-state index contributed by atoms with van der Waals surface area (Å²) in [5, 5.41) is 0.369. The van der Waals surface area contributed by atoms with Gasteiger partial charge in [0.25, 0.3) is 0 Å². The molecular formula is C10H13ClN2O2. The summed E-state index contributed by atoms with van der Waals surface area (Å²) < 4.78 is 10.2. The van der Waals surface area contributed by atoms with Gasteiger partial charge in [-0.2, -0.15) is 0 Å². The molecule has 0 aliphatic rings. The molecule has 0 bridgehead atoms. The summed E-state index contributed by atoms with van der Waals surface area (Å²) in [6, 6.07) is 3.32. The molecule has 1 rings (SSSR count). The van der Waals surface area contributed by atoms with Crippen LogP contribution in [0, 0.1) is 0 Å². The van der Waals surface area contributed by atoms with Crippen molar-refractivity contribution in [3.63, 3.8) is 0 Å². The smallest absolute Gasteiger partial charge is 0.162 e. The molecule has 4 nitrogen and oxygen atoms in total. The van der Waals surface area contributed by atoms with Crippen molar-refractivity contribution in [3.8, 4) is 11.5 Å². The van der Waals surface area contributed by atoms with Crippen LogP contribution in [-0.4, -0.2) is 14.2 Å². The van der Waals surface area contributed by atoms with E-state index < -0.39 is 0 Å². The van der Waals surface area contributed by atoms with Crippen molar-refractivity contribution in [2.45, 2.75) is 0 Å². The van der Waals surface area contributed by atoms with Crippen molar-refractivity contribution in [2.75, 3.05) is 20.0 Å². The zero-order valence-electron chi connectivity index (χ0n) is 8.58. The molecule has 15 heavy (non-hydrogen) atoms. The van der Waals surface area contributed by atoms with Crippen molar-refractivity contribution in [2.24, 2.45) is 5.73 Å². The highest BCUT2D eigenvalue weighted by atomic mass is 35.5. The molecule has 0 atom stereocenters. The fraction of sp³-hybridized carbons (Fsp3) is 0.200. The Morgan fingerprint density at radius 2 is 1.80 bits per heavy atom. The zero-order chi connectivity index (χ0) is 11.4. The fourth-order valence-corrected chi connectivity index (χ4v) is 1.35. The van der Waals surface area contributed by atoms with Gasteiger partial charge < -0.3 is 20.9 Å². The highest BCUT2D eigenvalue weighted by Gasteiger charge is 2.10. The molecule has 0 saturated heterocycles. The Hall–Kier alpha value is -1.55. The molecule has 0 unspecified atom stereocenters. The largest absolute Gasteiger partial charge is 0.493 e. The van der Waals surface area contributed by atoms with Crippen LogP contribution in [0.5, 0.6) is 11.5 Å². The first-order chi connectivity index (χ1) is 7.13. The molecule has 0 aromatic heterocycles. The molecule has 0 amide bonds. The maximum absolute atomic E-state index is 5.88. The number of hydrogen-bond acceptors (Lipinski definition) is 4. The summed E-state index contributed by atoms with van der Waals surface area (Å²) in [6.45, 7) is 0. The monoisotopic (exact) mass is 228 g/mol. The van der Waals surface area contributed by atoms with Gasteiger partial charge in [0.05, 0.1) is 19.3 Å². The number of hydrogen-bond donors (Lipinski definition) is 2. The number of ether oxygens (including phenoxy) is 2. The first-order valence-corrected chi connectivity index (χ1v) is 4.61. The van der Waals surface area contributed by atoms with Crippen LogP contribution in [0.1, 0.15) is 5.56 Å². The minimum absolute atomic E-state index is 0.369. The van der Waals surface area contributed by atoms with Gasteiger partial charge in [-0.1, -0.05) is 11.6 Å². The molecule has 0 heterocycles. The van der Waals surface area contributed by atoms with Crippen molar-refractivity contribution in [1.82, 2.24) is 0 Å².